The second-order valence-corrected chi connectivity index (χ2v) is 5.89. The average molecular weight is 363 g/mol. The lowest BCUT2D eigenvalue weighted by molar-refractivity contribution is -0.120. The number of benzene rings is 2. The summed E-state index contributed by atoms with van der Waals surface area (Å²) in [5, 5.41) is 6.64. The molecule has 0 heterocycles. The molecule has 0 bridgehead atoms. The largest absolute Gasteiger partial charge is 0.493 e. The molecule has 0 aliphatic rings. The molecule has 5 nitrogen and oxygen atoms in total. The van der Waals surface area contributed by atoms with Gasteiger partial charge in [0.15, 0.2) is 11.5 Å². The highest BCUT2D eigenvalue weighted by Gasteiger charge is 2.06. The number of carbonyl (C=O) groups excluding carboxylic acids is 1. The molecule has 0 saturated heterocycles. The highest BCUT2D eigenvalue weighted by molar-refractivity contribution is 6.31. The van der Waals surface area contributed by atoms with Gasteiger partial charge in [0.1, 0.15) is 0 Å². The van der Waals surface area contributed by atoms with E-state index in [1.165, 1.54) is 0 Å². The van der Waals surface area contributed by atoms with Gasteiger partial charge in [-0.2, -0.15) is 0 Å². The molecule has 2 aromatic carbocycles. The number of halogens is 1. The number of methoxy groups -OCH3 is 2. The number of carbonyl (C=O) groups is 1. The SMILES string of the molecule is COc1ccc(CCNCC(=O)NCc2ccccc2Cl)cc1OC. The van der Waals surface area contributed by atoms with Gasteiger partial charge in [0.2, 0.25) is 5.91 Å². The van der Waals surface area contributed by atoms with E-state index in [0.717, 1.165) is 17.5 Å². The third-order valence-electron chi connectivity index (χ3n) is 3.76. The molecule has 0 unspecified atom stereocenters. The molecule has 0 spiro atoms. The molecular weight excluding hydrogens is 340 g/mol. The molecule has 0 aliphatic heterocycles. The van der Waals surface area contributed by atoms with E-state index in [9.17, 15) is 4.79 Å². The fraction of sp³-hybridized carbons (Fsp3) is 0.316. The minimum Gasteiger partial charge on any atom is -0.493 e. The molecule has 0 atom stereocenters. The molecule has 134 valence electrons. The quantitative estimate of drug-likeness (QED) is 0.673. The number of ether oxygens (including phenoxy) is 2. The normalized spacial score (nSPS) is 10.4. The van der Waals surface area contributed by atoms with E-state index in [0.29, 0.717) is 29.6 Å². The molecule has 1 amide bonds. The molecule has 2 rings (SSSR count). The van der Waals surface area contributed by atoms with Crippen LogP contribution in [0.1, 0.15) is 11.1 Å². The summed E-state index contributed by atoms with van der Waals surface area (Å²) in [6.45, 7) is 1.38. The first-order valence-electron chi connectivity index (χ1n) is 8.05. The summed E-state index contributed by atoms with van der Waals surface area (Å²) in [4.78, 5) is 11.9. The van der Waals surface area contributed by atoms with E-state index in [2.05, 4.69) is 10.6 Å². The van der Waals surface area contributed by atoms with Crippen LogP contribution in [0, 0.1) is 0 Å². The summed E-state index contributed by atoms with van der Waals surface area (Å²) in [5.74, 6) is 1.35. The minimum atomic E-state index is -0.0627. The van der Waals surface area contributed by atoms with Crippen molar-refractivity contribution in [2.45, 2.75) is 13.0 Å². The zero-order valence-electron chi connectivity index (χ0n) is 14.5. The third kappa shape index (κ3) is 5.96. The highest BCUT2D eigenvalue weighted by atomic mass is 35.5. The summed E-state index contributed by atoms with van der Waals surface area (Å²) >= 11 is 6.06. The van der Waals surface area contributed by atoms with E-state index < -0.39 is 0 Å². The van der Waals surface area contributed by atoms with Gasteiger partial charge in [-0.1, -0.05) is 35.9 Å². The Kier molecular flexibility index (Phi) is 7.57. The van der Waals surface area contributed by atoms with Crippen molar-refractivity contribution in [3.8, 4) is 11.5 Å². The van der Waals surface area contributed by atoms with Gasteiger partial charge < -0.3 is 20.1 Å². The van der Waals surface area contributed by atoms with Crippen LogP contribution in [0.2, 0.25) is 5.02 Å². The molecule has 0 saturated carbocycles. The molecule has 0 aliphatic carbocycles. The van der Waals surface area contributed by atoms with Crippen LogP contribution >= 0.6 is 11.6 Å². The van der Waals surface area contributed by atoms with Gasteiger partial charge in [0.05, 0.1) is 20.8 Å². The Balaban J connectivity index is 1.70. The van der Waals surface area contributed by atoms with Gasteiger partial charge in [-0.15, -0.1) is 0 Å². The monoisotopic (exact) mass is 362 g/mol. The summed E-state index contributed by atoms with van der Waals surface area (Å²) in [7, 11) is 3.23. The van der Waals surface area contributed by atoms with E-state index in [4.69, 9.17) is 21.1 Å². The van der Waals surface area contributed by atoms with Gasteiger partial charge in [-0.3, -0.25) is 4.79 Å². The number of nitrogens with one attached hydrogen (secondary N) is 2. The molecular formula is C19H23ClN2O3. The summed E-state index contributed by atoms with van der Waals surface area (Å²) in [6.07, 6.45) is 0.790. The molecule has 2 N–H and O–H groups in total. The zero-order valence-corrected chi connectivity index (χ0v) is 15.2. The smallest absolute Gasteiger partial charge is 0.234 e. The van der Waals surface area contributed by atoms with Crippen LogP contribution in [0.25, 0.3) is 0 Å². The van der Waals surface area contributed by atoms with Crippen molar-refractivity contribution in [1.29, 1.82) is 0 Å². The second-order valence-electron chi connectivity index (χ2n) is 5.48. The van der Waals surface area contributed by atoms with E-state index in [1.54, 1.807) is 14.2 Å². The Labute approximate surface area is 153 Å². The lowest BCUT2D eigenvalue weighted by Crippen LogP contribution is -2.34. The summed E-state index contributed by atoms with van der Waals surface area (Å²) in [6, 6.07) is 13.3. The van der Waals surface area contributed by atoms with Crippen LogP contribution in [0.4, 0.5) is 0 Å². The Morgan fingerprint density at radius 3 is 2.56 bits per heavy atom. The van der Waals surface area contributed by atoms with Crippen molar-refractivity contribution < 1.29 is 14.3 Å². The Hall–Kier alpha value is -2.24. The maximum atomic E-state index is 11.9. The Morgan fingerprint density at radius 1 is 1.08 bits per heavy atom. The minimum absolute atomic E-state index is 0.0627. The highest BCUT2D eigenvalue weighted by Crippen LogP contribution is 2.27. The third-order valence-corrected chi connectivity index (χ3v) is 4.13. The molecule has 6 heteroatoms. The summed E-state index contributed by atoms with van der Waals surface area (Å²) < 4.78 is 10.5. The maximum absolute atomic E-state index is 11.9. The average Bonchev–Trinajstić information content (AvgIpc) is 2.64. The van der Waals surface area contributed by atoms with Crippen molar-refractivity contribution in [3.63, 3.8) is 0 Å². The van der Waals surface area contributed by atoms with Crippen molar-refractivity contribution in [2.24, 2.45) is 0 Å². The fourth-order valence-electron chi connectivity index (χ4n) is 2.37. The molecule has 25 heavy (non-hydrogen) atoms. The topological polar surface area (TPSA) is 59.6 Å². The van der Waals surface area contributed by atoms with Crippen molar-refractivity contribution in [2.75, 3.05) is 27.3 Å². The van der Waals surface area contributed by atoms with Gasteiger partial charge in [0, 0.05) is 11.6 Å². The predicted octanol–water partition coefficient (Wildman–Crippen LogP) is 2.81. The zero-order chi connectivity index (χ0) is 18.1. The van der Waals surface area contributed by atoms with Crippen LogP contribution < -0.4 is 20.1 Å². The lowest BCUT2D eigenvalue weighted by atomic mass is 10.1. The second kappa shape index (κ2) is 9.91. The van der Waals surface area contributed by atoms with Gasteiger partial charge in [0.25, 0.3) is 0 Å². The maximum Gasteiger partial charge on any atom is 0.234 e. The molecule has 0 fully saturated rings. The summed E-state index contributed by atoms with van der Waals surface area (Å²) in [5.41, 5.74) is 2.02. The Morgan fingerprint density at radius 2 is 1.84 bits per heavy atom. The van der Waals surface area contributed by atoms with E-state index in [1.807, 2.05) is 42.5 Å². The first-order chi connectivity index (χ1) is 12.1. The standard InChI is InChI=1S/C19H23ClN2O3/c1-24-17-8-7-14(11-18(17)25-2)9-10-21-13-19(23)22-12-15-5-3-4-6-16(15)20/h3-8,11,21H,9-10,12-13H2,1-2H3,(H,22,23). The lowest BCUT2D eigenvalue weighted by Gasteiger charge is -2.10. The first kappa shape index (κ1) is 19.1. The van der Waals surface area contributed by atoms with Crippen LogP contribution in [0.3, 0.4) is 0 Å². The molecule has 2 aromatic rings. The van der Waals surface area contributed by atoms with Crippen molar-refractivity contribution >= 4 is 17.5 Å². The van der Waals surface area contributed by atoms with Crippen molar-refractivity contribution in [3.05, 3.63) is 58.6 Å². The number of rotatable bonds is 9. The van der Waals surface area contributed by atoms with Crippen LogP contribution in [0.5, 0.6) is 11.5 Å². The van der Waals surface area contributed by atoms with Crippen LogP contribution in [0.15, 0.2) is 42.5 Å². The molecule has 0 radical (unpaired) electrons. The van der Waals surface area contributed by atoms with Crippen molar-refractivity contribution in [1.82, 2.24) is 10.6 Å². The van der Waals surface area contributed by atoms with E-state index in [-0.39, 0.29) is 12.5 Å². The predicted molar refractivity (Wildman–Crippen MR) is 99.4 cm³/mol. The molecule has 0 aromatic heterocycles. The van der Waals surface area contributed by atoms with Crippen LogP contribution in [-0.4, -0.2) is 33.2 Å². The van der Waals surface area contributed by atoms with Crippen LogP contribution in [-0.2, 0) is 17.8 Å². The van der Waals surface area contributed by atoms with Gasteiger partial charge >= 0.3 is 0 Å². The number of hydrogen-bond donors (Lipinski definition) is 2. The number of hydrogen-bond acceptors (Lipinski definition) is 4. The fourth-order valence-corrected chi connectivity index (χ4v) is 2.57. The Bertz CT molecular complexity index is 707. The first-order valence-corrected chi connectivity index (χ1v) is 8.43. The number of amides is 1. The van der Waals surface area contributed by atoms with E-state index >= 15 is 0 Å². The van der Waals surface area contributed by atoms with Gasteiger partial charge in [-0.05, 0) is 42.3 Å². The van der Waals surface area contributed by atoms with Gasteiger partial charge in [-0.25, -0.2) is 0 Å².